The largest absolute Gasteiger partial charge is 0.469 e. The van der Waals surface area contributed by atoms with Gasteiger partial charge in [0.2, 0.25) is 0 Å². The van der Waals surface area contributed by atoms with Gasteiger partial charge in [0.25, 0.3) is 0 Å². The van der Waals surface area contributed by atoms with E-state index >= 15 is 0 Å². The molecule has 0 aromatic carbocycles. The Morgan fingerprint density at radius 3 is 2.58 bits per heavy atom. The highest BCUT2D eigenvalue weighted by Crippen LogP contribution is 2.81. The number of aliphatic hydroxyl groups is 1. The Balaban J connectivity index is 1.58. The number of hydrogen-bond donors (Lipinski definition) is 1. The van der Waals surface area contributed by atoms with Crippen LogP contribution in [0.2, 0.25) is 0 Å². The Hall–Kier alpha value is -0.650. The molecule has 5 aliphatic rings. The van der Waals surface area contributed by atoms with E-state index in [1.165, 1.54) is 7.11 Å². The number of methoxy groups -OCH3 is 1. The summed E-state index contributed by atoms with van der Waals surface area (Å²) in [6, 6.07) is 0. The SMILES string of the molecule is COC(=O)[C@]1(C)CCC[C@@]2(C)[C@H]1C[C@@H](O)[C@@]13O[C@]12CC[C@]1(C(C)C)O[C@H]31. The first-order valence-corrected chi connectivity index (χ1v) is 10.3. The molecule has 0 spiro atoms. The third-order valence-electron chi connectivity index (χ3n) is 9.35. The number of epoxide rings is 2. The quantitative estimate of drug-likeness (QED) is 0.603. The molecule has 5 rings (SSSR count). The average Bonchev–Trinajstić information content (AvgIpc) is 3.46. The summed E-state index contributed by atoms with van der Waals surface area (Å²) in [7, 11) is 1.48. The van der Waals surface area contributed by atoms with Crippen LogP contribution >= 0.6 is 0 Å². The molecule has 8 atom stereocenters. The molecule has 3 saturated carbocycles. The number of esters is 1. The predicted molar refractivity (Wildman–Crippen MR) is 94.4 cm³/mol. The molecule has 0 radical (unpaired) electrons. The van der Waals surface area contributed by atoms with Crippen LogP contribution < -0.4 is 0 Å². The molecule has 5 nitrogen and oxygen atoms in total. The highest BCUT2D eigenvalue weighted by molar-refractivity contribution is 5.77. The fraction of sp³-hybridized carbons (Fsp3) is 0.952. The summed E-state index contributed by atoms with van der Waals surface area (Å²) in [5.41, 5.74) is -1.70. The molecule has 2 aliphatic heterocycles. The van der Waals surface area contributed by atoms with Gasteiger partial charge < -0.3 is 19.3 Å². The number of carbonyl (C=O) groups excluding carboxylic acids is 1. The number of aliphatic hydroxyl groups excluding tert-OH is 1. The number of carbonyl (C=O) groups is 1. The predicted octanol–water partition coefficient (Wildman–Crippen LogP) is 2.83. The van der Waals surface area contributed by atoms with Gasteiger partial charge in [-0.1, -0.05) is 27.2 Å². The van der Waals surface area contributed by atoms with Crippen LogP contribution in [0.1, 0.15) is 66.2 Å². The monoisotopic (exact) mass is 364 g/mol. The second kappa shape index (κ2) is 4.66. The van der Waals surface area contributed by atoms with Crippen LogP contribution in [0.25, 0.3) is 0 Å². The summed E-state index contributed by atoms with van der Waals surface area (Å²) >= 11 is 0. The van der Waals surface area contributed by atoms with Crippen LogP contribution in [0, 0.1) is 22.7 Å². The molecule has 146 valence electrons. The van der Waals surface area contributed by atoms with Crippen molar-refractivity contribution in [3.63, 3.8) is 0 Å². The van der Waals surface area contributed by atoms with Crippen LogP contribution in [0.15, 0.2) is 0 Å². The zero-order chi connectivity index (χ0) is 18.8. The zero-order valence-electron chi connectivity index (χ0n) is 16.6. The molecule has 0 aromatic rings. The van der Waals surface area contributed by atoms with Gasteiger partial charge in [0, 0.05) is 5.41 Å². The molecule has 0 aromatic heterocycles. The molecular formula is C21H32O5. The molecule has 3 aliphatic carbocycles. The maximum absolute atomic E-state index is 12.7. The first-order chi connectivity index (χ1) is 12.1. The second-order valence-corrected chi connectivity index (χ2v) is 10.3. The number of rotatable bonds is 2. The maximum Gasteiger partial charge on any atom is 0.311 e. The molecule has 0 unspecified atom stereocenters. The molecular weight excluding hydrogens is 332 g/mol. The first-order valence-electron chi connectivity index (χ1n) is 10.3. The van der Waals surface area contributed by atoms with Crippen molar-refractivity contribution in [2.45, 2.75) is 95.2 Å². The van der Waals surface area contributed by atoms with E-state index in [9.17, 15) is 9.90 Å². The smallest absolute Gasteiger partial charge is 0.311 e. The van der Waals surface area contributed by atoms with Gasteiger partial charge in [-0.3, -0.25) is 4.79 Å². The lowest BCUT2D eigenvalue weighted by Crippen LogP contribution is -2.66. The van der Waals surface area contributed by atoms with Crippen LogP contribution in [-0.4, -0.2) is 47.2 Å². The van der Waals surface area contributed by atoms with Gasteiger partial charge in [-0.25, -0.2) is 0 Å². The van der Waals surface area contributed by atoms with Crippen molar-refractivity contribution in [2.75, 3.05) is 7.11 Å². The lowest BCUT2D eigenvalue weighted by molar-refractivity contribution is -0.174. The topological polar surface area (TPSA) is 71.6 Å². The Bertz CT molecular complexity index is 677. The second-order valence-electron chi connectivity index (χ2n) is 10.3. The molecule has 2 heterocycles. The van der Waals surface area contributed by atoms with Crippen molar-refractivity contribution in [3.05, 3.63) is 0 Å². The Labute approximate surface area is 155 Å². The van der Waals surface area contributed by atoms with E-state index in [1.54, 1.807) is 0 Å². The summed E-state index contributed by atoms with van der Waals surface area (Å²) in [6.45, 7) is 8.76. The summed E-state index contributed by atoms with van der Waals surface area (Å²) in [4.78, 5) is 12.7. The van der Waals surface area contributed by atoms with E-state index < -0.39 is 17.1 Å². The van der Waals surface area contributed by atoms with Gasteiger partial charge in [0.05, 0.1) is 18.6 Å². The van der Waals surface area contributed by atoms with Crippen molar-refractivity contribution in [1.29, 1.82) is 0 Å². The third kappa shape index (κ3) is 1.53. The van der Waals surface area contributed by atoms with Crippen molar-refractivity contribution in [3.8, 4) is 0 Å². The summed E-state index contributed by atoms with van der Waals surface area (Å²) < 4.78 is 18.1. The van der Waals surface area contributed by atoms with Crippen LogP contribution in [0.5, 0.6) is 0 Å². The Morgan fingerprint density at radius 1 is 1.19 bits per heavy atom. The van der Waals surface area contributed by atoms with Crippen molar-refractivity contribution in [2.24, 2.45) is 22.7 Å². The maximum atomic E-state index is 12.7. The average molecular weight is 364 g/mol. The summed E-state index contributed by atoms with van der Waals surface area (Å²) in [6.07, 6.45) is 4.79. The van der Waals surface area contributed by atoms with Crippen molar-refractivity contribution >= 4 is 5.97 Å². The van der Waals surface area contributed by atoms with Gasteiger partial charge in [0.1, 0.15) is 17.3 Å². The number of fused-ring (bicyclic) bond motifs is 2. The molecule has 2 saturated heterocycles. The summed E-state index contributed by atoms with van der Waals surface area (Å²) in [5.74, 6) is 0.362. The molecule has 1 N–H and O–H groups in total. The van der Waals surface area contributed by atoms with E-state index in [1.807, 2.05) is 6.92 Å². The van der Waals surface area contributed by atoms with E-state index in [-0.39, 0.29) is 34.6 Å². The van der Waals surface area contributed by atoms with Gasteiger partial charge in [-0.2, -0.15) is 0 Å². The van der Waals surface area contributed by atoms with E-state index in [0.717, 1.165) is 32.1 Å². The van der Waals surface area contributed by atoms with Crippen LogP contribution in [0.3, 0.4) is 0 Å². The minimum Gasteiger partial charge on any atom is -0.469 e. The van der Waals surface area contributed by atoms with Gasteiger partial charge in [0.15, 0.2) is 5.60 Å². The molecule has 0 amide bonds. The van der Waals surface area contributed by atoms with Gasteiger partial charge in [-0.05, 0) is 50.9 Å². The van der Waals surface area contributed by atoms with Crippen molar-refractivity contribution < 1.29 is 24.1 Å². The number of ether oxygens (including phenoxy) is 3. The Kier molecular flexibility index (Phi) is 3.13. The molecule has 5 heteroatoms. The zero-order valence-corrected chi connectivity index (χ0v) is 16.6. The van der Waals surface area contributed by atoms with E-state index in [4.69, 9.17) is 14.2 Å². The van der Waals surface area contributed by atoms with E-state index in [2.05, 4.69) is 20.8 Å². The Morgan fingerprint density at radius 2 is 1.92 bits per heavy atom. The fourth-order valence-electron chi connectivity index (χ4n) is 7.81. The minimum absolute atomic E-state index is 0.00262. The number of hydrogen-bond acceptors (Lipinski definition) is 5. The van der Waals surface area contributed by atoms with Crippen LogP contribution in [0.4, 0.5) is 0 Å². The molecule has 5 fully saturated rings. The van der Waals surface area contributed by atoms with Crippen LogP contribution in [-0.2, 0) is 19.0 Å². The first kappa shape index (κ1) is 17.4. The lowest BCUT2D eigenvalue weighted by atomic mass is 9.43. The normalized spacial score (nSPS) is 59.6. The van der Waals surface area contributed by atoms with E-state index in [0.29, 0.717) is 12.3 Å². The van der Waals surface area contributed by atoms with Crippen molar-refractivity contribution in [1.82, 2.24) is 0 Å². The molecule has 0 bridgehead atoms. The highest BCUT2D eigenvalue weighted by Gasteiger charge is 2.94. The van der Waals surface area contributed by atoms with Gasteiger partial charge >= 0.3 is 5.97 Å². The fourth-order valence-corrected chi connectivity index (χ4v) is 7.81. The minimum atomic E-state index is -0.575. The summed E-state index contributed by atoms with van der Waals surface area (Å²) in [5, 5.41) is 11.3. The standard InChI is InChI=1S/C21H32O5/c1-12(2)19-9-10-20-18(4)8-6-7-17(3,16(23)24-5)13(18)11-14(22)21(20,26-20)15(19)25-19/h12-15,22H,6-11H2,1-5H3/t13-,14+,15-,17+,18-,19+,20-,21-/m0/s1. The third-order valence-corrected chi connectivity index (χ3v) is 9.35. The highest BCUT2D eigenvalue weighted by atomic mass is 16.7. The molecule has 26 heavy (non-hydrogen) atoms. The lowest BCUT2D eigenvalue weighted by Gasteiger charge is -2.58. The van der Waals surface area contributed by atoms with Gasteiger partial charge in [-0.15, -0.1) is 0 Å².